The number of aromatic nitrogens is 1. The molecule has 0 atom stereocenters. The summed E-state index contributed by atoms with van der Waals surface area (Å²) in [5.74, 6) is 2.28. The quantitative estimate of drug-likeness (QED) is 0.129. The van der Waals surface area contributed by atoms with Crippen LogP contribution in [-0.2, 0) is 0 Å². The Kier molecular flexibility index (Phi) is 9.27. The van der Waals surface area contributed by atoms with Gasteiger partial charge in [0.1, 0.15) is 11.5 Å². The molecule has 0 radical (unpaired) electrons. The van der Waals surface area contributed by atoms with Crippen molar-refractivity contribution in [3.05, 3.63) is 211 Å². The average molecular weight is 774 g/mol. The van der Waals surface area contributed by atoms with Crippen LogP contribution in [0.5, 0.6) is 5.75 Å². The van der Waals surface area contributed by atoms with E-state index in [4.69, 9.17) is 14.7 Å². The normalized spacial score (nSPS) is 12.5. The maximum atomic E-state index is 6.30. The van der Waals surface area contributed by atoms with Gasteiger partial charge in [0.25, 0.3) is 0 Å². The van der Waals surface area contributed by atoms with Gasteiger partial charge in [-0.25, -0.2) is 15.0 Å². The summed E-state index contributed by atoms with van der Waals surface area (Å²) in [4.78, 5) is 14.9. The van der Waals surface area contributed by atoms with E-state index in [1.54, 1.807) is 0 Å². The highest BCUT2D eigenvalue weighted by molar-refractivity contribution is 6.14. The molecule has 0 spiro atoms. The zero-order valence-electron chi connectivity index (χ0n) is 33.0. The van der Waals surface area contributed by atoms with Crippen LogP contribution < -0.4 is 10.1 Å². The minimum absolute atomic E-state index is 0.473. The largest absolute Gasteiger partial charge is 0.457 e. The molecule has 1 N–H and O–H groups in total. The molecule has 1 aromatic heterocycles. The van der Waals surface area contributed by atoms with Gasteiger partial charge in [0, 0.05) is 62.6 Å². The lowest BCUT2D eigenvalue weighted by Crippen LogP contribution is -2.06. The second kappa shape index (κ2) is 15.3. The molecule has 60 heavy (non-hydrogen) atoms. The standard InChI is InChI=1S/C54H39N5O/c1-35-44-34-49(57-54(37-19-9-5-10-20-37)58-53(56-3)36-17-7-4-8-18-36)47(33-45(44)43-24-14-16-26-52(43)60-35)46-31-38(28-30-48(46)55-2)39-27-29-42-41-23-13-15-25-50(41)59(51(42)32-39)40-21-11-6-12-22-40/h4-34,55H,1,3H2,2H3/b57-54-,58-53-. The third kappa shape index (κ3) is 6.46. The van der Waals surface area contributed by atoms with E-state index < -0.39 is 0 Å². The summed E-state index contributed by atoms with van der Waals surface area (Å²) >= 11 is 0. The molecule has 2 heterocycles. The first-order valence-corrected chi connectivity index (χ1v) is 19.9. The third-order valence-electron chi connectivity index (χ3n) is 11.1. The number of fused-ring (bicyclic) bond motifs is 6. The maximum absolute atomic E-state index is 6.30. The Morgan fingerprint density at radius 3 is 1.92 bits per heavy atom. The Bertz CT molecular complexity index is 3180. The highest BCUT2D eigenvalue weighted by Crippen LogP contribution is 2.48. The van der Waals surface area contributed by atoms with E-state index in [2.05, 4.69) is 137 Å². The van der Waals surface area contributed by atoms with Crippen molar-refractivity contribution in [3.8, 4) is 44.8 Å². The SMILES string of the molecule is C=N/C(=N\C(=N/c1cc2c(cc1-c1cc(-c3ccc4c5ccccc5n(-c5ccccc5)c4c3)ccc1NC)-c1ccccc1OC2=C)c1ccccc1)c1ccccc1. The number of benzene rings is 8. The van der Waals surface area contributed by atoms with E-state index in [-0.39, 0.29) is 0 Å². The Balaban J connectivity index is 1.22. The lowest BCUT2D eigenvalue weighted by atomic mass is 9.89. The molecule has 286 valence electrons. The number of rotatable bonds is 7. The number of aliphatic imine (C=N–C) groups is 3. The van der Waals surface area contributed by atoms with E-state index in [1.807, 2.05) is 85.9 Å². The molecule has 1 aliphatic heterocycles. The molecular weight excluding hydrogens is 735 g/mol. The van der Waals surface area contributed by atoms with Crippen molar-refractivity contribution in [2.45, 2.75) is 0 Å². The molecule has 1 aliphatic rings. The summed E-state index contributed by atoms with van der Waals surface area (Å²) in [5.41, 5.74) is 13.7. The van der Waals surface area contributed by atoms with Gasteiger partial charge >= 0.3 is 0 Å². The first-order chi connectivity index (χ1) is 29.6. The Hall–Kier alpha value is -8.09. The predicted octanol–water partition coefficient (Wildman–Crippen LogP) is 13.4. The van der Waals surface area contributed by atoms with Crippen LogP contribution in [0.25, 0.3) is 66.6 Å². The number of nitrogens with one attached hydrogen (secondary N) is 1. The van der Waals surface area contributed by atoms with Crippen LogP contribution in [-0.4, -0.2) is 30.0 Å². The molecule has 0 amide bonds. The number of anilines is 1. The maximum Gasteiger partial charge on any atom is 0.162 e. The fourth-order valence-corrected chi connectivity index (χ4v) is 8.22. The van der Waals surface area contributed by atoms with Crippen molar-refractivity contribution < 1.29 is 4.74 Å². The molecule has 0 bridgehead atoms. The molecule has 0 aliphatic carbocycles. The highest BCUT2D eigenvalue weighted by atomic mass is 16.5. The van der Waals surface area contributed by atoms with E-state index in [9.17, 15) is 0 Å². The van der Waals surface area contributed by atoms with Crippen LogP contribution in [0.15, 0.2) is 210 Å². The third-order valence-corrected chi connectivity index (χ3v) is 11.1. The van der Waals surface area contributed by atoms with Gasteiger partial charge in [-0.15, -0.1) is 0 Å². The fraction of sp³-hybridized carbons (Fsp3) is 0.0185. The molecule has 0 saturated carbocycles. The molecule has 6 heteroatoms. The molecular formula is C54H39N5O. The zero-order valence-corrected chi connectivity index (χ0v) is 33.0. The second-order valence-electron chi connectivity index (χ2n) is 14.6. The fourth-order valence-electron chi connectivity index (χ4n) is 8.22. The first kappa shape index (κ1) is 36.3. The highest BCUT2D eigenvalue weighted by Gasteiger charge is 2.25. The summed E-state index contributed by atoms with van der Waals surface area (Å²) in [6.07, 6.45) is 0. The first-order valence-electron chi connectivity index (χ1n) is 19.9. The van der Waals surface area contributed by atoms with Crippen LogP contribution in [0.1, 0.15) is 16.7 Å². The molecule has 0 unspecified atom stereocenters. The molecule has 0 fully saturated rings. The Labute approximate surface area is 348 Å². The smallest absolute Gasteiger partial charge is 0.162 e. The van der Waals surface area contributed by atoms with Gasteiger partial charge < -0.3 is 14.6 Å². The number of amidine groups is 2. The summed E-state index contributed by atoms with van der Waals surface area (Å²) < 4.78 is 8.65. The number of para-hydroxylation sites is 3. The number of nitrogens with zero attached hydrogens (tertiary/aromatic N) is 4. The van der Waals surface area contributed by atoms with Crippen LogP contribution in [0.2, 0.25) is 0 Å². The minimum atomic E-state index is 0.473. The van der Waals surface area contributed by atoms with E-state index in [0.29, 0.717) is 23.1 Å². The number of hydrogen-bond acceptors (Lipinski definition) is 3. The van der Waals surface area contributed by atoms with E-state index >= 15 is 0 Å². The molecule has 8 aromatic carbocycles. The van der Waals surface area contributed by atoms with Gasteiger partial charge in [-0.3, -0.25) is 0 Å². The summed E-state index contributed by atoms with van der Waals surface area (Å²) in [6, 6.07) is 64.7. The topological polar surface area (TPSA) is 63.3 Å². The van der Waals surface area contributed by atoms with E-state index in [0.717, 1.165) is 72.7 Å². The van der Waals surface area contributed by atoms with Crippen molar-refractivity contribution in [1.82, 2.24) is 4.57 Å². The Morgan fingerprint density at radius 1 is 0.533 bits per heavy atom. The van der Waals surface area contributed by atoms with Gasteiger partial charge in [0.05, 0.1) is 16.7 Å². The van der Waals surface area contributed by atoms with Gasteiger partial charge in [-0.1, -0.05) is 140 Å². The summed E-state index contributed by atoms with van der Waals surface area (Å²) in [6.45, 7) is 8.24. The Morgan fingerprint density at radius 2 is 1.17 bits per heavy atom. The molecule has 10 rings (SSSR count). The molecule has 9 aromatic rings. The summed E-state index contributed by atoms with van der Waals surface area (Å²) in [7, 11) is 1.96. The monoisotopic (exact) mass is 773 g/mol. The van der Waals surface area contributed by atoms with Crippen molar-refractivity contribution in [2.75, 3.05) is 12.4 Å². The molecule has 0 saturated heterocycles. The van der Waals surface area contributed by atoms with Gasteiger partial charge in [-0.2, -0.15) is 0 Å². The second-order valence-corrected chi connectivity index (χ2v) is 14.6. The van der Waals surface area contributed by atoms with Crippen molar-refractivity contribution >= 4 is 57.3 Å². The van der Waals surface area contributed by atoms with Gasteiger partial charge in [0.2, 0.25) is 0 Å². The van der Waals surface area contributed by atoms with Crippen LogP contribution in [0.3, 0.4) is 0 Å². The van der Waals surface area contributed by atoms with Gasteiger partial charge in [0.15, 0.2) is 11.7 Å². The average Bonchev–Trinajstić information content (AvgIpc) is 3.64. The predicted molar refractivity (Wildman–Crippen MR) is 251 cm³/mol. The summed E-state index contributed by atoms with van der Waals surface area (Å²) in [5, 5.41) is 5.91. The van der Waals surface area contributed by atoms with Crippen LogP contribution in [0, 0.1) is 0 Å². The zero-order chi connectivity index (χ0) is 40.6. The lowest BCUT2D eigenvalue weighted by molar-refractivity contribution is 0.513. The van der Waals surface area contributed by atoms with Gasteiger partial charge in [-0.05, 0) is 78.0 Å². The van der Waals surface area contributed by atoms with Crippen LogP contribution in [0.4, 0.5) is 11.4 Å². The lowest BCUT2D eigenvalue weighted by Gasteiger charge is -2.24. The van der Waals surface area contributed by atoms with Crippen LogP contribution >= 0.6 is 0 Å². The van der Waals surface area contributed by atoms with Crippen molar-refractivity contribution in [2.24, 2.45) is 15.0 Å². The van der Waals surface area contributed by atoms with E-state index in [1.165, 1.54) is 16.3 Å². The number of ether oxygens (including phenoxy) is 1. The number of hydrogen-bond donors (Lipinski definition) is 1. The van der Waals surface area contributed by atoms with Crippen molar-refractivity contribution in [1.29, 1.82) is 0 Å². The van der Waals surface area contributed by atoms with Crippen molar-refractivity contribution in [3.63, 3.8) is 0 Å². The minimum Gasteiger partial charge on any atom is -0.457 e. The molecule has 6 nitrogen and oxygen atoms in total.